The van der Waals surface area contributed by atoms with E-state index in [0.29, 0.717) is 6.04 Å². The van der Waals surface area contributed by atoms with Gasteiger partial charge in [0.15, 0.2) is 0 Å². The molecule has 0 saturated carbocycles. The van der Waals surface area contributed by atoms with Crippen LogP contribution in [0.4, 0.5) is 0 Å². The summed E-state index contributed by atoms with van der Waals surface area (Å²) < 4.78 is 0. The Morgan fingerprint density at radius 1 is 1.82 bits per heavy atom. The predicted octanol–water partition coefficient (Wildman–Crippen LogP) is 1.74. The van der Waals surface area contributed by atoms with Crippen LogP contribution in [0.15, 0.2) is 5.38 Å². The summed E-state index contributed by atoms with van der Waals surface area (Å²) in [5.41, 5.74) is 1.25. The number of aryl methyl sites for hydroxylation is 1. The smallest absolute Gasteiger partial charge is 0.0926 e. The lowest BCUT2D eigenvalue weighted by atomic mass is 10.1. The van der Waals surface area contributed by atoms with E-state index in [4.69, 9.17) is 0 Å². The van der Waals surface area contributed by atoms with Crippen molar-refractivity contribution in [2.24, 2.45) is 0 Å². The van der Waals surface area contributed by atoms with Gasteiger partial charge >= 0.3 is 0 Å². The number of nitrogens with zero attached hydrogens (tertiary/aromatic N) is 1. The van der Waals surface area contributed by atoms with Crippen molar-refractivity contribution in [3.05, 3.63) is 16.1 Å². The molecule has 11 heavy (non-hydrogen) atoms. The molecule has 1 aromatic heterocycles. The molecule has 1 unspecified atom stereocenters. The van der Waals surface area contributed by atoms with Gasteiger partial charge in [-0.2, -0.15) is 0 Å². The quantitative estimate of drug-likeness (QED) is 0.727. The minimum Gasteiger partial charge on any atom is -0.308 e. The van der Waals surface area contributed by atoms with E-state index in [0.717, 1.165) is 13.0 Å². The van der Waals surface area contributed by atoms with Crippen LogP contribution in [0.2, 0.25) is 0 Å². The van der Waals surface area contributed by atoms with Gasteiger partial charge in [-0.05, 0) is 19.4 Å². The maximum Gasteiger partial charge on any atom is 0.0926 e. The van der Waals surface area contributed by atoms with Gasteiger partial charge in [-0.15, -0.1) is 11.3 Å². The summed E-state index contributed by atoms with van der Waals surface area (Å²) in [4.78, 5) is 4.51. The van der Waals surface area contributed by atoms with Crippen LogP contribution in [0.1, 0.15) is 30.1 Å². The van der Waals surface area contributed by atoms with Crippen LogP contribution in [-0.2, 0) is 6.42 Å². The van der Waals surface area contributed by atoms with Gasteiger partial charge in [-0.1, -0.05) is 6.92 Å². The second-order valence-corrected chi connectivity index (χ2v) is 3.76. The molecule has 1 fully saturated rings. The highest BCUT2D eigenvalue weighted by Crippen LogP contribution is 2.24. The van der Waals surface area contributed by atoms with Crippen LogP contribution in [-0.4, -0.2) is 11.5 Å². The third-order valence-corrected chi connectivity index (χ3v) is 3.06. The summed E-state index contributed by atoms with van der Waals surface area (Å²) >= 11 is 1.78. The van der Waals surface area contributed by atoms with E-state index in [-0.39, 0.29) is 0 Å². The lowest BCUT2D eigenvalue weighted by Crippen LogP contribution is -2.35. The Hall–Kier alpha value is -0.410. The van der Waals surface area contributed by atoms with Gasteiger partial charge in [0.05, 0.1) is 16.7 Å². The first-order chi connectivity index (χ1) is 5.40. The number of hydrogen-bond donors (Lipinski definition) is 1. The zero-order valence-corrected chi connectivity index (χ0v) is 7.45. The molecule has 0 amide bonds. The topological polar surface area (TPSA) is 24.9 Å². The van der Waals surface area contributed by atoms with Crippen molar-refractivity contribution in [3.63, 3.8) is 0 Å². The maximum absolute atomic E-state index is 4.51. The molecular formula is C8H12N2S. The highest BCUT2D eigenvalue weighted by Gasteiger charge is 2.20. The lowest BCUT2D eigenvalue weighted by Gasteiger charge is -2.25. The normalized spacial score (nSPS) is 23.2. The molecule has 1 N–H and O–H groups in total. The van der Waals surface area contributed by atoms with Crippen LogP contribution in [0.25, 0.3) is 0 Å². The van der Waals surface area contributed by atoms with Crippen LogP contribution in [0.3, 0.4) is 0 Å². The van der Waals surface area contributed by atoms with Crippen LogP contribution >= 0.6 is 11.3 Å². The minimum atomic E-state index is 0.562. The largest absolute Gasteiger partial charge is 0.308 e. The first kappa shape index (κ1) is 7.25. The molecule has 1 saturated heterocycles. The van der Waals surface area contributed by atoms with Gasteiger partial charge < -0.3 is 5.32 Å². The van der Waals surface area contributed by atoms with Gasteiger partial charge in [-0.25, -0.2) is 4.98 Å². The Morgan fingerprint density at radius 2 is 2.64 bits per heavy atom. The molecule has 3 heteroatoms. The van der Waals surface area contributed by atoms with Gasteiger partial charge in [-0.3, -0.25) is 0 Å². The lowest BCUT2D eigenvalue weighted by molar-refractivity contribution is 0.376. The van der Waals surface area contributed by atoms with Crippen molar-refractivity contribution in [3.8, 4) is 0 Å². The van der Waals surface area contributed by atoms with E-state index >= 15 is 0 Å². The molecule has 1 atom stereocenters. The van der Waals surface area contributed by atoms with E-state index in [1.807, 2.05) is 0 Å². The predicted molar refractivity (Wildman–Crippen MR) is 46.9 cm³/mol. The molecule has 2 heterocycles. The molecular weight excluding hydrogens is 156 g/mol. The summed E-state index contributed by atoms with van der Waals surface area (Å²) in [6, 6.07) is 0.562. The first-order valence-electron chi connectivity index (χ1n) is 4.08. The highest BCUT2D eigenvalue weighted by molar-refractivity contribution is 7.09. The zero-order valence-electron chi connectivity index (χ0n) is 6.63. The standard InChI is InChI=1S/C8H12N2S/c1-2-8-10-7(5-11-8)6-3-4-9-6/h5-6,9H,2-4H2,1H3. The fourth-order valence-corrected chi connectivity index (χ4v) is 1.99. The Kier molecular flexibility index (Phi) is 1.92. The summed E-state index contributed by atoms with van der Waals surface area (Å²) in [5.74, 6) is 0. The number of rotatable bonds is 2. The third kappa shape index (κ3) is 1.30. The summed E-state index contributed by atoms with van der Waals surface area (Å²) in [5, 5.41) is 6.78. The van der Waals surface area contributed by atoms with Crippen LogP contribution in [0.5, 0.6) is 0 Å². The van der Waals surface area contributed by atoms with Crippen molar-refractivity contribution >= 4 is 11.3 Å². The Labute approximate surface area is 70.7 Å². The molecule has 1 aliphatic rings. The Bertz CT molecular complexity index is 240. The van der Waals surface area contributed by atoms with Crippen molar-refractivity contribution < 1.29 is 0 Å². The second kappa shape index (κ2) is 2.91. The van der Waals surface area contributed by atoms with E-state index in [1.165, 1.54) is 17.1 Å². The van der Waals surface area contributed by atoms with E-state index in [9.17, 15) is 0 Å². The number of nitrogens with one attached hydrogen (secondary N) is 1. The molecule has 2 rings (SSSR count). The van der Waals surface area contributed by atoms with Crippen molar-refractivity contribution in [2.75, 3.05) is 6.54 Å². The third-order valence-electron chi connectivity index (χ3n) is 2.05. The molecule has 0 aromatic carbocycles. The molecule has 60 valence electrons. The van der Waals surface area contributed by atoms with E-state index in [1.54, 1.807) is 11.3 Å². The van der Waals surface area contributed by atoms with E-state index in [2.05, 4.69) is 22.6 Å². The van der Waals surface area contributed by atoms with Gasteiger partial charge in [0, 0.05) is 5.38 Å². The van der Waals surface area contributed by atoms with Crippen molar-refractivity contribution in [2.45, 2.75) is 25.8 Å². The monoisotopic (exact) mass is 168 g/mol. The zero-order chi connectivity index (χ0) is 7.68. The fourth-order valence-electron chi connectivity index (χ4n) is 1.19. The summed E-state index contributed by atoms with van der Waals surface area (Å²) in [6.45, 7) is 3.31. The fraction of sp³-hybridized carbons (Fsp3) is 0.625. The Morgan fingerprint density at radius 3 is 3.09 bits per heavy atom. The van der Waals surface area contributed by atoms with Crippen molar-refractivity contribution in [1.82, 2.24) is 10.3 Å². The molecule has 0 radical (unpaired) electrons. The SMILES string of the molecule is CCc1nc(C2CCN2)cs1. The van der Waals surface area contributed by atoms with Gasteiger partial charge in [0.2, 0.25) is 0 Å². The Balaban J connectivity index is 2.11. The molecule has 1 aliphatic heterocycles. The minimum absolute atomic E-state index is 0.562. The van der Waals surface area contributed by atoms with Gasteiger partial charge in [0.1, 0.15) is 0 Å². The molecule has 0 aliphatic carbocycles. The van der Waals surface area contributed by atoms with E-state index < -0.39 is 0 Å². The molecule has 2 nitrogen and oxygen atoms in total. The summed E-state index contributed by atoms with van der Waals surface area (Å²) in [7, 11) is 0. The highest BCUT2D eigenvalue weighted by atomic mass is 32.1. The first-order valence-corrected chi connectivity index (χ1v) is 4.96. The average molecular weight is 168 g/mol. The van der Waals surface area contributed by atoms with Crippen LogP contribution < -0.4 is 5.32 Å². The number of aromatic nitrogens is 1. The second-order valence-electron chi connectivity index (χ2n) is 2.82. The maximum atomic E-state index is 4.51. The van der Waals surface area contributed by atoms with Gasteiger partial charge in [0.25, 0.3) is 0 Å². The van der Waals surface area contributed by atoms with Crippen LogP contribution in [0, 0.1) is 0 Å². The number of hydrogen-bond acceptors (Lipinski definition) is 3. The van der Waals surface area contributed by atoms with Crippen molar-refractivity contribution in [1.29, 1.82) is 0 Å². The average Bonchev–Trinajstić information content (AvgIpc) is 2.32. The molecule has 0 spiro atoms. The molecule has 0 bridgehead atoms. The number of thiazole rings is 1. The molecule has 1 aromatic rings. The summed E-state index contributed by atoms with van der Waals surface area (Å²) in [6.07, 6.45) is 2.32.